The summed E-state index contributed by atoms with van der Waals surface area (Å²) < 4.78 is 14.4. The van der Waals surface area contributed by atoms with Gasteiger partial charge in [-0.15, -0.1) is 11.3 Å². The van der Waals surface area contributed by atoms with Gasteiger partial charge >= 0.3 is 0 Å². The number of rotatable bonds is 0. The Morgan fingerprint density at radius 2 is 2.19 bits per heavy atom. The maximum Gasteiger partial charge on any atom is 0.0589 e. The van der Waals surface area contributed by atoms with E-state index in [0.29, 0.717) is 5.92 Å². The van der Waals surface area contributed by atoms with Crippen LogP contribution in [0, 0.1) is 5.41 Å². The summed E-state index contributed by atoms with van der Waals surface area (Å²) in [5.74, 6) is 4.35. The molecule has 2 nitrogen and oxygen atoms in total. The van der Waals surface area contributed by atoms with Gasteiger partial charge in [-0.3, -0.25) is 0 Å². The zero-order chi connectivity index (χ0) is 12.1. The van der Waals surface area contributed by atoms with E-state index in [2.05, 4.69) is 26.6 Å². The van der Waals surface area contributed by atoms with E-state index in [9.17, 15) is 4.21 Å². The van der Waals surface area contributed by atoms with E-state index in [0.717, 1.165) is 11.4 Å². The van der Waals surface area contributed by atoms with Crippen molar-refractivity contribution in [2.75, 3.05) is 13.6 Å². The minimum absolute atomic E-state index is 0.198. The summed E-state index contributed by atoms with van der Waals surface area (Å²) in [6.45, 7) is 7.56. The van der Waals surface area contributed by atoms with Crippen LogP contribution in [-0.2, 0) is 9.71 Å². The molecule has 90 valence electrons. The van der Waals surface area contributed by atoms with Gasteiger partial charge in [-0.2, -0.15) is 0 Å². The van der Waals surface area contributed by atoms with Crippen LogP contribution in [0.25, 0.3) is 0 Å². The van der Waals surface area contributed by atoms with Crippen LogP contribution in [0.4, 0.5) is 0 Å². The highest BCUT2D eigenvalue weighted by atomic mass is 32.2. The van der Waals surface area contributed by atoms with E-state index < -0.39 is 9.71 Å². The predicted octanol–water partition coefficient (Wildman–Crippen LogP) is 2.81. The molecule has 2 heterocycles. The largest absolute Gasteiger partial charge is 0.248 e. The number of fused-ring (bicyclic) bond motifs is 1. The molecule has 16 heavy (non-hydrogen) atoms. The molecule has 1 aliphatic heterocycles. The monoisotopic (exact) mass is 257 g/mol. The van der Waals surface area contributed by atoms with E-state index in [-0.39, 0.29) is 5.41 Å². The normalized spacial score (nSPS) is 31.4. The van der Waals surface area contributed by atoms with E-state index >= 15 is 0 Å². The Morgan fingerprint density at radius 1 is 1.56 bits per heavy atom. The third kappa shape index (κ3) is 1.73. The van der Waals surface area contributed by atoms with Gasteiger partial charge in [-0.1, -0.05) is 20.8 Å². The number of hydrogen-bond acceptors (Lipinski definition) is 2. The first kappa shape index (κ1) is 12.1. The molecule has 0 amide bonds. The standard InChI is InChI=1S/C12H19NOS2/c1-12(2,3)9-8-13(4)16(5,14)10-6-7-15-11(9)10/h6-7,9H,5,8H2,1-4H3. The average Bonchev–Trinajstić information content (AvgIpc) is 2.58. The van der Waals surface area contributed by atoms with Gasteiger partial charge in [0.1, 0.15) is 0 Å². The summed E-state index contributed by atoms with van der Waals surface area (Å²) in [6.07, 6.45) is 0. The Hall–Kier alpha value is -0.320. The van der Waals surface area contributed by atoms with E-state index in [1.165, 1.54) is 4.88 Å². The molecule has 0 radical (unpaired) electrons. The molecule has 1 aromatic rings. The van der Waals surface area contributed by atoms with Crippen LogP contribution in [0.1, 0.15) is 31.6 Å². The Bertz CT molecular complexity index is 493. The second-order valence-corrected chi connectivity index (χ2v) is 8.81. The van der Waals surface area contributed by atoms with Crippen LogP contribution >= 0.6 is 11.3 Å². The quantitative estimate of drug-likeness (QED) is 0.655. The van der Waals surface area contributed by atoms with Crippen LogP contribution in [-0.4, -0.2) is 28.0 Å². The summed E-state index contributed by atoms with van der Waals surface area (Å²) in [7, 11) is -0.315. The maximum absolute atomic E-state index is 12.5. The molecule has 0 saturated carbocycles. The highest BCUT2D eigenvalue weighted by Gasteiger charge is 2.37. The lowest BCUT2D eigenvalue weighted by atomic mass is 9.79. The molecular weight excluding hydrogens is 238 g/mol. The topological polar surface area (TPSA) is 20.3 Å². The van der Waals surface area contributed by atoms with Gasteiger partial charge in [0.25, 0.3) is 0 Å². The minimum Gasteiger partial charge on any atom is -0.248 e. The summed E-state index contributed by atoms with van der Waals surface area (Å²) in [4.78, 5) is 2.22. The van der Waals surface area contributed by atoms with Crippen molar-refractivity contribution in [2.45, 2.75) is 31.6 Å². The lowest BCUT2D eigenvalue weighted by molar-refractivity contribution is 0.276. The molecule has 0 bridgehead atoms. The van der Waals surface area contributed by atoms with Crippen molar-refractivity contribution in [1.29, 1.82) is 0 Å². The van der Waals surface area contributed by atoms with Gasteiger partial charge in [-0.25, -0.2) is 8.51 Å². The minimum atomic E-state index is -2.23. The summed E-state index contributed by atoms with van der Waals surface area (Å²) in [5.41, 5.74) is 0.198. The van der Waals surface area contributed by atoms with Crippen molar-refractivity contribution in [3.05, 3.63) is 16.3 Å². The summed E-state index contributed by atoms with van der Waals surface area (Å²) >= 11 is 1.72. The van der Waals surface area contributed by atoms with E-state index in [1.54, 1.807) is 11.3 Å². The number of nitrogens with zero attached hydrogens (tertiary/aromatic N) is 1. The maximum atomic E-state index is 12.5. The van der Waals surface area contributed by atoms with Gasteiger partial charge in [0.05, 0.1) is 14.6 Å². The Kier molecular flexibility index (Phi) is 2.72. The molecule has 1 aromatic heterocycles. The zero-order valence-corrected chi connectivity index (χ0v) is 12.0. The molecule has 2 unspecified atom stereocenters. The fraction of sp³-hybridized carbons (Fsp3) is 0.583. The number of thiophene rings is 1. The highest BCUT2D eigenvalue weighted by molar-refractivity contribution is 7.98. The Balaban J connectivity index is 2.60. The molecule has 0 aromatic carbocycles. The number of hydrogen-bond donors (Lipinski definition) is 0. The van der Waals surface area contributed by atoms with Crippen molar-refractivity contribution in [2.24, 2.45) is 5.41 Å². The van der Waals surface area contributed by atoms with Crippen LogP contribution < -0.4 is 0 Å². The fourth-order valence-electron chi connectivity index (χ4n) is 2.12. The molecule has 0 spiro atoms. The van der Waals surface area contributed by atoms with E-state index in [4.69, 9.17) is 0 Å². The summed E-state index contributed by atoms with van der Waals surface area (Å²) in [6, 6.07) is 1.98. The SMILES string of the molecule is C=S1(=O)c2ccsc2C(C(C)(C)C)CN1C. The van der Waals surface area contributed by atoms with Crippen LogP contribution in [0.5, 0.6) is 0 Å². The first-order valence-corrected chi connectivity index (χ1v) is 7.97. The van der Waals surface area contributed by atoms with Crippen molar-refractivity contribution >= 4 is 26.9 Å². The molecule has 4 heteroatoms. The van der Waals surface area contributed by atoms with Crippen LogP contribution in [0.2, 0.25) is 0 Å². The zero-order valence-electron chi connectivity index (χ0n) is 10.3. The molecule has 2 rings (SSSR count). The summed E-state index contributed by atoms with van der Waals surface area (Å²) in [5, 5.41) is 2.04. The van der Waals surface area contributed by atoms with Crippen LogP contribution in [0.15, 0.2) is 16.3 Å². The van der Waals surface area contributed by atoms with Gasteiger partial charge in [0, 0.05) is 17.3 Å². The molecule has 0 fully saturated rings. The predicted molar refractivity (Wildman–Crippen MR) is 72.7 cm³/mol. The lowest BCUT2D eigenvalue weighted by Gasteiger charge is -2.39. The molecule has 0 aliphatic carbocycles. The fourth-order valence-corrected chi connectivity index (χ4v) is 5.33. The highest BCUT2D eigenvalue weighted by Crippen LogP contribution is 2.45. The second kappa shape index (κ2) is 3.59. The molecule has 1 aliphatic rings. The van der Waals surface area contributed by atoms with Gasteiger partial charge < -0.3 is 0 Å². The van der Waals surface area contributed by atoms with Gasteiger partial charge in [0.15, 0.2) is 0 Å². The smallest absolute Gasteiger partial charge is 0.0589 e. The van der Waals surface area contributed by atoms with Crippen LogP contribution in [0.3, 0.4) is 0 Å². The third-order valence-electron chi connectivity index (χ3n) is 3.31. The Morgan fingerprint density at radius 3 is 2.75 bits per heavy atom. The first-order valence-electron chi connectivity index (χ1n) is 5.40. The van der Waals surface area contributed by atoms with Crippen molar-refractivity contribution < 1.29 is 4.21 Å². The third-order valence-corrected chi connectivity index (χ3v) is 6.66. The molecule has 0 N–H and O–H groups in total. The molecule has 2 atom stereocenters. The lowest BCUT2D eigenvalue weighted by Crippen LogP contribution is -2.39. The average molecular weight is 257 g/mol. The van der Waals surface area contributed by atoms with Gasteiger partial charge in [0.2, 0.25) is 0 Å². The Labute approximate surface area is 102 Å². The van der Waals surface area contributed by atoms with Gasteiger partial charge in [-0.05, 0) is 29.8 Å². The van der Waals surface area contributed by atoms with Crippen molar-refractivity contribution in [3.8, 4) is 0 Å². The molecular formula is C12H19NOS2. The van der Waals surface area contributed by atoms with Crippen molar-refractivity contribution in [1.82, 2.24) is 4.31 Å². The first-order chi connectivity index (χ1) is 7.24. The van der Waals surface area contributed by atoms with Crippen molar-refractivity contribution in [3.63, 3.8) is 0 Å². The second-order valence-electron chi connectivity index (χ2n) is 5.52. The number of likely N-dealkylation sites (N-methyl/N-ethyl adjacent to an activating group) is 1. The molecule has 0 saturated heterocycles. The van der Waals surface area contributed by atoms with E-state index in [1.807, 2.05) is 22.8 Å².